The van der Waals surface area contributed by atoms with Crippen molar-refractivity contribution in [1.82, 2.24) is 19.6 Å². The monoisotopic (exact) mass is 429 g/mol. The first kappa shape index (κ1) is 19.5. The number of sulfonamides is 1. The van der Waals surface area contributed by atoms with Crippen LogP contribution in [0.4, 0.5) is 5.82 Å². The summed E-state index contributed by atoms with van der Waals surface area (Å²) in [6.07, 6.45) is 3.18. The van der Waals surface area contributed by atoms with Crippen LogP contribution in [0.15, 0.2) is 59.9 Å². The number of pyridine rings is 1. The zero-order chi connectivity index (χ0) is 20.8. The van der Waals surface area contributed by atoms with Crippen LogP contribution in [0.25, 0.3) is 16.9 Å². The van der Waals surface area contributed by atoms with E-state index in [1.165, 1.54) is 4.52 Å². The molecule has 0 unspecified atom stereocenters. The molecule has 0 aliphatic heterocycles. The largest absolute Gasteiger partial charge is 0.343 e. The number of anilines is 1. The molecular weight excluding hydrogens is 410 g/mol. The summed E-state index contributed by atoms with van der Waals surface area (Å²) in [7, 11) is -3.80. The van der Waals surface area contributed by atoms with E-state index in [1.807, 2.05) is 12.1 Å². The maximum Gasteiger partial charge on any atom is 0.263 e. The van der Waals surface area contributed by atoms with Gasteiger partial charge in [-0.05, 0) is 41.3 Å². The predicted octanol–water partition coefficient (Wildman–Crippen LogP) is 4.48. The van der Waals surface area contributed by atoms with E-state index in [0.717, 1.165) is 5.56 Å². The van der Waals surface area contributed by atoms with Crippen molar-refractivity contribution in [3.8, 4) is 11.4 Å². The SMILES string of the molecule is CC(C)(C)c1ccc(S(=O)(=O)Nc2ccc(Cl)c3cc(-c4cnc[nH]4)nn23)cc1. The van der Waals surface area contributed by atoms with Gasteiger partial charge in [-0.3, -0.25) is 4.72 Å². The Morgan fingerprint density at radius 3 is 2.45 bits per heavy atom. The third-order valence-electron chi connectivity index (χ3n) is 4.61. The van der Waals surface area contributed by atoms with Gasteiger partial charge in [0.1, 0.15) is 11.5 Å². The van der Waals surface area contributed by atoms with Crippen LogP contribution in [0, 0.1) is 0 Å². The lowest BCUT2D eigenvalue weighted by molar-refractivity contribution is 0.587. The van der Waals surface area contributed by atoms with Crippen LogP contribution < -0.4 is 4.72 Å². The fourth-order valence-electron chi connectivity index (χ4n) is 2.98. The Morgan fingerprint density at radius 2 is 1.83 bits per heavy atom. The maximum atomic E-state index is 12.9. The van der Waals surface area contributed by atoms with Gasteiger partial charge in [-0.15, -0.1) is 0 Å². The molecule has 0 spiro atoms. The molecule has 29 heavy (non-hydrogen) atoms. The maximum absolute atomic E-state index is 12.9. The zero-order valence-electron chi connectivity index (χ0n) is 16.1. The van der Waals surface area contributed by atoms with Gasteiger partial charge in [-0.25, -0.2) is 17.9 Å². The second-order valence-electron chi connectivity index (χ2n) is 7.74. The number of nitrogens with zero attached hydrogens (tertiary/aromatic N) is 3. The molecule has 0 bridgehead atoms. The molecule has 9 heteroatoms. The van der Waals surface area contributed by atoms with E-state index in [4.69, 9.17) is 11.6 Å². The predicted molar refractivity (Wildman–Crippen MR) is 114 cm³/mol. The lowest BCUT2D eigenvalue weighted by Crippen LogP contribution is -2.16. The van der Waals surface area contributed by atoms with Gasteiger partial charge in [0.05, 0.1) is 33.7 Å². The number of H-pyrrole nitrogens is 1. The number of nitrogens with one attached hydrogen (secondary N) is 2. The van der Waals surface area contributed by atoms with Gasteiger partial charge < -0.3 is 4.98 Å². The first-order valence-electron chi connectivity index (χ1n) is 8.95. The Kier molecular flexibility index (Phi) is 4.63. The van der Waals surface area contributed by atoms with Crippen molar-refractivity contribution in [1.29, 1.82) is 0 Å². The first-order valence-corrected chi connectivity index (χ1v) is 10.8. The number of imidazole rings is 1. The van der Waals surface area contributed by atoms with Crippen molar-refractivity contribution >= 4 is 33.0 Å². The average Bonchev–Trinajstić information content (AvgIpc) is 3.33. The van der Waals surface area contributed by atoms with E-state index in [2.05, 4.69) is 40.6 Å². The molecule has 150 valence electrons. The standard InChI is InChI=1S/C20H20ClN5O2S/c1-20(2,3)13-4-6-14(7-5-13)29(27,28)25-19-9-8-15(21)18-10-16(24-26(18)19)17-11-22-12-23-17/h4-12,25H,1-3H3,(H,22,23). The molecule has 0 aliphatic carbocycles. The van der Waals surface area contributed by atoms with Gasteiger partial charge in [-0.2, -0.15) is 5.10 Å². The molecule has 0 atom stereocenters. The molecule has 4 aromatic rings. The van der Waals surface area contributed by atoms with Gasteiger partial charge in [-0.1, -0.05) is 44.5 Å². The molecule has 0 amide bonds. The number of rotatable bonds is 4. The third kappa shape index (κ3) is 3.73. The highest BCUT2D eigenvalue weighted by molar-refractivity contribution is 7.92. The van der Waals surface area contributed by atoms with Gasteiger partial charge >= 0.3 is 0 Å². The minimum atomic E-state index is -3.80. The normalized spacial score (nSPS) is 12.4. The highest BCUT2D eigenvalue weighted by Crippen LogP contribution is 2.28. The van der Waals surface area contributed by atoms with E-state index in [-0.39, 0.29) is 16.1 Å². The fraction of sp³-hybridized carbons (Fsp3) is 0.200. The summed E-state index contributed by atoms with van der Waals surface area (Å²) in [5, 5.41) is 4.93. The van der Waals surface area contributed by atoms with Crippen LogP contribution in [0.1, 0.15) is 26.3 Å². The number of hydrogen-bond donors (Lipinski definition) is 2. The number of hydrogen-bond acceptors (Lipinski definition) is 4. The quantitative estimate of drug-likeness (QED) is 0.500. The number of halogens is 1. The summed E-state index contributed by atoms with van der Waals surface area (Å²) < 4.78 is 29.9. The summed E-state index contributed by atoms with van der Waals surface area (Å²) in [6.45, 7) is 6.23. The van der Waals surface area contributed by atoms with Crippen LogP contribution in [-0.2, 0) is 15.4 Å². The molecule has 0 saturated carbocycles. The lowest BCUT2D eigenvalue weighted by atomic mass is 9.87. The van der Waals surface area contributed by atoms with E-state index in [1.54, 1.807) is 42.9 Å². The lowest BCUT2D eigenvalue weighted by Gasteiger charge is -2.19. The molecule has 7 nitrogen and oxygen atoms in total. The second-order valence-corrected chi connectivity index (χ2v) is 9.83. The van der Waals surface area contributed by atoms with Crippen molar-refractivity contribution < 1.29 is 8.42 Å². The average molecular weight is 430 g/mol. The Hall–Kier alpha value is -2.84. The smallest absolute Gasteiger partial charge is 0.263 e. The number of aromatic nitrogens is 4. The van der Waals surface area contributed by atoms with Crippen LogP contribution in [0.5, 0.6) is 0 Å². The Bertz CT molecular complexity index is 1270. The molecule has 0 saturated heterocycles. The number of aromatic amines is 1. The molecule has 0 fully saturated rings. The molecule has 2 N–H and O–H groups in total. The first-order chi connectivity index (χ1) is 13.6. The van der Waals surface area contributed by atoms with E-state index >= 15 is 0 Å². The Labute approximate surface area is 173 Å². The van der Waals surface area contributed by atoms with Crippen molar-refractivity contribution in [2.75, 3.05) is 4.72 Å². The van der Waals surface area contributed by atoms with Crippen LogP contribution in [0.3, 0.4) is 0 Å². The van der Waals surface area contributed by atoms with Crippen molar-refractivity contribution in [3.05, 3.63) is 65.6 Å². The molecule has 4 rings (SSSR count). The van der Waals surface area contributed by atoms with E-state index < -0.39 is 10.0 Å². The summed E-state index contributed by atoms with van der Waals surface area (Å²) in [5.74, 6) is 0.287. The minimum Gasteiger partial charge on any atom is -0.343 e. The topological polar surface area (TPSA) is 92.1 Å². The van der Waals surface area contributed by atoms with Crippen LogP contribution in [0.2, 0.25) is 5.02 Å². The highest BCUT2D eigenvalue weighted by Gasteiger charge is 2.20. The van der Waals surface area contributed by atoms with Crippen molar-refractivity contribution in [2.24, 2.45) is 0 Å². The molecule has 3 heterocycles. The van der Waals surface area contributed by atoms with Crippen molar-refractivity contribution in [3.63, 3.8) is 0 Å². The number of fused-ring (bicyclic) bond motifs is 1. The fourth-order valence-corrected chi connectivity index (χ4v) is 4.22. The van der Waals surface area contributed by atoms with Crippen LogP contribution in [-0.4, -0.2) is 28.0 Å². The highest BCUT2D eigenvalue weighted by atomic mass is 35.5. The molecule has 0 radical (unpaired) electrons. The summed E-state index contributed by atoms with van der Waals surface area (Å²) >= 11 is 6.29. The van der Waals surface area contributed by atoms with Gasteiger partial charge in [0.2, 0.25) is 0 Å². The van der Waals surface area contributed by atoms with Gasteiger partial charge in [0, 0.05) is 0 Å². The zero-order valence-corrected chi connectivity index (χ0v) is 17.7. The summed E-state index contributed by atoms with van der Waals surface area (Å²) in [6, 6.07) is 11.9. The Morgan fingerprint density at radius 1 is 1.10 bits per heavy atom. The third-order valence-corrected chi connectivity index (χ3v) is 6.30. The number of benzene rings is 1. The van der Waals surface area contributed by atoms with Crippen molar-refractivity contribution in [2.45, 2.75) is 31.1 Å². The Balaban J connectivity index is 1.72. The molecular formula is C20H20ClN5O2S. The van der Waals surface area contributed by atoms with E-state index in [9.17, 15) is 8.42 Å². The second kappa shape index (κ2) is 6.89. The van der Waals surface area contributed by atoms with Gasteiger partial charge in [0.25, 0.3) is 10.0 Å². The van der Waals surface area contributed by atoms with Crippen LogP contribution >= 0.6 is 11.6 Å². The van der Waals surface area contributed by atoms with E-state index in [0.29, 0.717) is 21.9 Å². The molecule has 1 aromatic carbocycles. The molecule has 3 aromatic heterocycles. The summed E-state index contributed by atoms with van der Waals surface area (Å²) in [4.78, 5) is 7.14. The molecule has 0 aliphatic rings. The summed E-state index contributed by atoms with van der Waals surface area (Å²) in [5.41, 5.74) is 2.89. The minimum absolute atomic E-state index is 0.0593. The van der Waals surface area contributed by atoms with Gasteiger partial charge in [0.15, 0.2) is 0 Å².